The van der Waals surface area contributed by atoms with Gasteiger partial charge < -0.3 is 15.3 Å². The highest BCUT2D eigenvalue weighted by atomic mass is 19.1. The molecule has 6 heteroatoms. The third kappa shape index (κ3) is 3.31. The Morgan fingerprint density at radius 3 is 2.75 bits per heavy atom. The molecule has 2 N–H and O–H groups in total. The molecule has 0 radical (unpaired) electrons. The van der Waals surface area contributed by atoms with Crippen LogP contribution in [0.3, 0.4) is 0 Å². The Kier molecular flexibility index (Phi) is 4.63. The van der Waals surface area contributed by atoms with Crippen LogP contribution in [0.1, 0.15) is 18.4 Å². The van der Waals surface area contributed by atoms with Crippen LogP contribution in [0, 0.1) is 17.1 Å². The topological polar surface area (TPSA) is 71.7 Å². The average molecular weight is 326 g/mol. The Labute approximate surface area is 140 Å². The molecule has 124 valence electrons. The van der Waals surface area contributed by atoms with Crippen molar-refractivity contribution >= 4 is 5.84 Å². The number of piperidine rings is 1. The van der Waals surface area contributed by atoms with Crippen molar-refractivity contribution in [1.29, 1.82) is 5.26 Å². The maximum absolute atomic E-state index is 13.9. The van der Waals surface area contributed by atoms with Gasteiger partial charge in [0.05, 0.1) is 11.8 Å². The molecule has 5 nitrogen and oxygen atoms in total. The molecule has 0 amide bonds. The van der Waals surface area contributed by atoms with Gasteiger partial charge in [0.1, 0.15) is 23.3 Å². The fourth-order valence-corrected chi connectivity index (χ4v) is 2.91. The van der Waals surface area contributed by atoms with Crippen LogP contribution in [0.2, 0.25) is 0 Å². The SMILES string of the molecule is C=C1NC(Cc2ccccc2F)=NC(N2CCC(O)CC2)=C1C#N. The number of nitrogens with zero attached hydrogens (tertiary/aromatic N) is 3. The molecule has 3 rings (SSSR count). The van der Waals surface area contributed by atoms with Crippen molar-refractivity contribution < 1.29 is 9.50 Å². The van der Waals surface area contributed by atoms with Crippen LogP contribution in [-0.4, -0.2) is 35.0 Å². The lowest BCUT2D eigenvalue weighted by atomic mass is 10.1. The lowest BCUT2D eigenvalue weighted by molar-refractivity contribution is 0.0963. The smallest absolute Gasteiger partial charge is 0.150 e. The molecule has 2 aliphatic heterocycles. The van der Waals surface area contributed by atoms with Gasteiger partial charge >= 0.3 is 0 Å². The average Bonchev–Trinajstić information content (AvgIpc) is 2.57. The molecule has 0 spiro atoms. The third-order valence-electron chi connectivity index (χ3n) is 4.25. The zero-order valence-electron chi connectivity index (χ0n) is 13.3. The normalized spacial score (nSPS) is 19.0. The Bertz CT molecular complexity index is 755. The molecule has 0 bridgehead atoms. The molecule has 0 saturated carbocycles. The molecular formula is C18H19FN4O. The fraction of sp³-hybridized carbons (Fsp3) is 0.333. The van der Waals surface area contributed by atoms with E-state index >= 15 is 0 Å². The highest BCUT2D eigenvalue weighted by molar-refractivity contribution is 5.89. The molecule has 2 aliphatic rings. The summed E-state index contributed by atoms with van der Waals surface area (Å²) in [6, 6.07) is 8.69. The van der Waals surface area contributed by atoms with E-state index in [1.165, 1.54) is 6.07 Å². The van der Waals surface area contributed by atoms with Crippen molar-refractivity contribution in [3.63, 3.8) is 0 Å². The first kappa shape index (κ1) is 16.2. The molecule has 1 saturated heterocycles. The third-order valence-corrected chi connectivity index (χ3v) is 4.25. The van der Waals surface area contributed by atoms with Gasteiger partial charge in [-0.15, -0.1) is 0 Å². The molecule has 1 aromatic rings. The van der Waals surface area contributed by atoms with E-state index in [0.29, 0.717) is 60.8 Å². The number of aliphatic hydroxyl groups excluding tert-OH is 1. The first-order valence-corrected chi connectivity index (χ1v) is 7.93. The van der Waals surface area contributed by atoms with Crippen LogP contribution in [0.25, 0.3) is 0 Å². The summed E-state index contributed by atoms with van der Waals surface area (Å²) in [6.45, 7) is 5.16. The van der Waals surface area contributed by atoms with Crippen molar-refractivity contribution in [2.75, 3.05) is 13.1 Å². The highest BCUT2D eigenvalue weighted by Crippen LogP contribution is 2.25. The summed E-state index contributed by atoms with van der Waals surface area (Å²) in [6.07, 6.45) is 1.27. The number of hydrogen-bond acceptors (Lipinski definition) is 5. The second kappa shape index (κ2) is 6.85. The quantitative estimate of drug-likeness (QED) is 0.892. The van der Waals surface area contributed by atoms with Crippen molar-refractivity contribution in [2.45, 2.75) is 25.4 Å². The van der Waals surface area contributed by atoms with Gasteiger partial charge in [-0.05, 0) is 24.5 Å². The van der Waals surface area contributed by atoms with Gasteiger partial charge in [0.2, 0.25) is 0 Å². The van der Waals surface area contributed by atoms with E-state index in [1.54, 1.807) is 18.2 Å². The predicted molar refractivity (Wildman–Crippen MR) is 89.3 cm³/mol. The van der Waals surface area contributed by atoms with Crippen molar-refractivity contribution in [2.24, 2.45) is 4.99 Å². The summed E-state index contributed by atoms with van der Waals surface area (Å²) in [5.41, 5.74) is 1.40. The van der Waals surface area contributed by atoms with E-state index in [2.05, 4.69) is 23.0 Å². The molecule has 0 aromatic heterocycles. The van der Waals surface area contributed by atoms with Crippen LogP contribution >= 0.6 is 0 Å². The molecular weight excluding hydrogens is 307 g/mol. The van der Waals surface area contributed by atoms with Crippen molar-refractivity contribution in [1.82, 2.24) is 10.2 Å². The van der Waals surface area contributed by atoms with Crippen LogP contribution < -0.4 is 5.32 Å². The Hall–Kier alpha value is -2.65. The van der Waals surface area contributed by atoms with Gasteiger partial charge in [-0.1, -0.05) is 24.8 Å². The highest BCUT2D eigenvalue weighted by Gasteiger charge is 2.26. The minimum absolute atomic E-state index is 0.287. The lowest BCUT2D eigenvalue weighted by Crippen LogP contribution is -2.39. The molecule has 0 unspecified atom stereocenters. The number of halogens is 1. The fourth-order valence-electron chi connectivity index (χ4n) is 2.91. The number of rotatable bonds is 3. The summed E-state index contributed by atoms with van der Waals surface area (Å²) >= 11 is 0. The second-order valence-electron chi connectivity index (χ2n) is 5.96. The van der Waals surface area contributed by atoms with Crippen LogP contribution in [0.4, 0.5) is 4.39 Å². The van der Waals surface area contributed by atoms with Gasteiger partial charge in [-0.3, -0.25) is 0 Å². The first-order valence-electron chi connectivity index (χ1n) is 7.93. The minimum Gasteiger partial charge on any atom is -0.393 e. The molecule has 1 aromatic carbocycles. The maximum Gasteiger partial charge on any atom is 0.150 e. The van der Waals surface area contributed by atoms with E-state index in [0.717, 1.165) is 0 Å². The second-order valence-corrected chi connectivity index (χ2v) is 5.96. The van der Waals surface area contributed by atoms with E-state index in [-0.39, 0.29) is 11.9 Å². The lowest BCUT2D eigenvalue weighted by Gasteiger charge is -2.34. The molecule has 0 atom stereocenters. The number of aliphatic hydroxyl groups is 1. The van der Waals surface area contributed by atoms with Gasteiger partial charge in [0.15, 0.2) is 5.82 Å². The van der Waals surface area contributed by atoms with Crippen LogP contribution in [0.15, 0.2) is 52.9 Å². The van der Waals surface area contributed by atoms with Crippen LogP contribution in [0.5, 0.6) is 0 Å². The van der Waals surface area contributed by atoms with Crippen molar-refractivity contribution in [3.05, 3.63) is 59.3 Å². The number of hydrogen-bond donors (Lipinski definition) is 2. The Morgan fingerprint density at radius 1 is 1.38 bits per heavy atom. The van der Waals surface area contributed by atoms with E-state index < -0.39 is 0 Å². The zero-order chi connectivity index (χ0) is 17.1. The molecule has 0 aliphatic carbocycles. The zero-order valence-corrected chi connectivity index (χ0v) is 13.3. The minimum atomic E-state index is -0.306. The Balaban J connectivity index is 1.89. The summed E-state index contributed by atoms with van der Waals surface area (Å²) < 4.78 is 13.9. The number of nitrogens with one attached hydrogen (secondary N) is 1. The summed E-state index contributed by atoms with van der Waals surface area (Å²) in [5.74, 6) is 0.829. The molecule has 2 heterocycles. The first-order chi connectivity index (χ1) is 11.6. The van der Waals surface area contributed by atoms with Crippen molar-refractivity contribution in [3.8, 4) is 6.07 Å². The largest absolute Gasteiger partial charge is 0.393 e. The monoisotopic (exact) mass is 326 g/mol. The van der Waals surface area contributed by atoms with Gasteiger partial charge in [0.25, 0.3) is 0 Å². The number of likely N-dealkylation sites (tertiary alicyclic amines) is 1. The summed E-state index contributed by atoms with van der Waals surface area (Å²) in [5, 5.41) is 22.1. The van der Waals surface area contributed by atoms with E-state index in [4.69, 9.17) is 0 Å². The standard InChI is InChI=1S/C18H19FN4O/c1-12-15(11-20)18(23-8-6-14(24)7-9-23)22-17(21-12)10-13-4-2-3-5-16(13)19/h2-5,14,24H,1,6-10H2,(H,21,22). The summed E-state index contributed by atoms with van der Waals surface area (Å²) in [4.78, 5) is 6.53. The van der Waals surface area contributed by atoms with Gasteiger partial charge in [-0.25, -0.2) is 9.38 Å². The predicted octanol–water partition coefficient (Wildman–Crippen LogP) is 2.08. The Morgan fingerprint density at radius 2 is 2.08 bits per heavy atom. The molecule has 24 heavy (non-hydrogen) atoms. The summed E-state index contributed by atoms with van der Waals surface area (Å²) in [7, 11) is 0. The van der Waals surface area contributed by atoms with Crippen LogP contribution in [-0.2, 0) is 6.42 Å². The number of amidine groups is 1. The number of allylic oxidation sites excluding steroid dienone is 1. The molecule has 1 fully saturated rings. The van der Waals surface area contributed by atoms with Gasteiger partial charge in [-0.2, -0.15) is 5.26 Å². The maximum atomic E-state index is 13.9. The van der Waals surface area contributed by atoms with Gasteiger partial charge in [0, 0.05) is 19.5 Å². The number of nitriles is 1. The van der Waals surface area contributed by atoms with E-state index in [9.17, 15) is 14.8 Å². The number of aliphatic imine (C=N–C) groups is 1. The number of benzene rings is 1. The van der Waals surface area contributed by atoms with E-state index in [1.807, 2.05) is 4.90 Å².